The van der Waals surface area contributed by atoms with Crippen molar-refractivity contribution >= 4 is 17.8 Å². The number of amides is 1. The third-order valence-electron chi connectivity index (χ3n) is 2.19. The number of fused-ring (bicyclic) bond motifs is 1. The van der Waals surface area contributed by atoms with Crippen LogP contribution in [0.4, 0.5) is 10.6 Å². The van der Waals surface area contributed by atoms with E-state index in [2.05, 4.69) is 30.5 Å². The van der Waals surface area contributed by atoms with Gasteiger partial charge in [-0.15, -0.1) is 5.11 Å². The number of hydrogen-bond acceptors (Lipinski definition) is 7. The maximum atomic E-state index is 11.4. The number of aliphatic imine (C=N–C) groups is 1. The van der Waals surface area contributed by atoms with Gasteiger partial charge in [0.25, 0.3) is 0 Å². The Kier molecular flexibility index (Phi) is 3.68. The molecule has 0 radical (unpaired) electrons. The predicted octanol–water partition coefficient (Wildman–Crippen LogP) is 1.90. The number of nitrogens with one attached hydrogen (secondary N) is 2. The van der Waals surface area contributed by atoms with Gasteiger partial charge in [-0.3, -0.25) is 0 Å². The number of azo groups is 1. The van der Waals surface area contributed by atoms with Crippen LogP contribution < -0.4 is 5.32 Å². The van der Waals surface area contributed by atoms with E-state index in [0.29, 0.717) is 17.4 Å². The van der Waals surface area contributed by atoms with Gasteiger partial charge in [0, 0.05) is 0 Å². The molecule has 0 aliphatic carbocycles. The van der Waals surface area contributed by atoms with E-state index in [1.807, 2.05) is 0 Å². The molecule has 1 aromatic heterocycles. The van der Waals surface area contributed by atoms with E-state index >= 15 is 0 Å². The van der Waals surface area contributed by atoms with Crippen LogP contribution in [0.1, 0.15) is 26.5 Å². The molecule has 0 aromatic carbocycles. The molecule has 0 saturated heterocycles. The number of H-pyrrole nitrogens is 1. The van der Waals surface area contributed by atoms with E-state index in [1.54, 1.807) is 20.8 Å². The van der Waals surface area contributed by atoms with Crippen molar-refractivity contribution in [2.45, 2.75) is 32.7 Å². The molecule has 2 heterocycles. The minimum Gasteiger partial charge on any atom is -0.480 e. The number of nitrogens with zero attached hydrogens (tertiary/aromatic N) is 4. The van der Waals surface area contributed by atoms with Gasteiger partial charge in [-0.05, 0) is 20.8 Å². The number of aromatic nitrogens is 2. The number of rotatable bonds is 1. The zero-order valence-corrected chi connectivity index (χ0v) is 11.7. The largest absolute Gasteiger partial charge is 0.480 e. The first kappa shape index (κ1) is 14.0. The van der Waals surface area contributed by atoms with Crippen LogP contribution in [0.25, 0.3) is 0 Å². The molecule has 1 aliphatic heterocycles. The van der Waals surface area contributed by atoms with E-state index < -0.39 is 18.0 Å². The van der Waals surface area contributed by atoms with Gasteiger partial charge >= 0.3 is 6.09 Å². The molecule has 9 heteroatoms. The summed E-state index contributed by atoms with van der Waals surface area (Å²) in [5, 5.41) is 10.1. The average molecular weight is 280 g/mol. The fourth-order valence-corrected chi connectivity index (χ4v) is 1.49. The molecule has 2 N–H and O–H groups in total. The molecule has 0 spiro atoms. The number of hydrogen-bond donors (Lipinski definition) is 2. The maximum absolute atomic E-state index is 11.4. The highest BCUT2D eigenvalue weighted by atomic mass is 16.6. The summed E-state index contributed by atoms with van der Waals surface area (Å²) in [6, 6.07) is 0. The van der Waals surface area contributed by atoms with Gasteiger partial charge in [0.05, 0.1) is 13.4 Å². The molecule has 1 aromatic rings. The Balaban J connectivity index is 2.06. The Hall–Kier alpha value is -2.45. The van der Waals surface area contributed by atoms with Crippen LogP contribution in [0.3, 0.4) is 0 Å². The highest BCUT2D eigenvalue weighted by molar-refractivity contribution is 5.98. The molecule has 1 unspecified atom stereocenters. The lowest BCUT2D eigenvalue weighted by molar-refractivity contribution is 0.0588. The van der Waals surface area contributed by atoms with Gasteiger partial charge in [-0.25, -0.2) is 14.8 Å². The number of imidazole rings is 1. The molecule has 20 heavy (non-hydrogen) atoms. The molecule has 0 saturated carbocycles. The quantitative estimate of drug-likeness (QED) is 0.762. The predicted molar refractivity (Wildman–Crippen MR) is 70.6 cm³/mol. The second kappa shape index (κ2) is 5.27. The van der Waals surface area contributed by atoms with E-state index in [-0.39, 0.29) is 0 Å². The molecule has 1 amide bonds. The van der Waals surface area contributed by atoms with E-state index in [9.17, 15) is 4.79 Å². The topological polar surface area (TPSA) is 113 Å². The molecular weight excluding hydrogens is 264 g/mol. The van der Waals surface area contributed by atoms with E-state index in [4.69, 9.17) is 9.47 Å². The molecule has 108 valence electrons. The lowest BCUT2D eigenvalue weighted by Gasteiger charge is -2.18. The SMILES string of the molecule is COC1=NC(N=NC(=O)OC(C)(C)C)Nc2nc[nH]c21. The molecule has 9 nitrogen and oxygen atoms in total. The van der Waals surface area contributed by atoms with E-state index in [1.165, 1.54) is 13.4 Å². The summed E-state index contributed by atoms with van der Waals surface area (Å²) < 4.78 is 10.1. The Morgan fingerprint density at radius 3 is 2.85 bits per heavy atom. The maximum Gasteiger partial charge on any atom is 0.452 e. The standard InChI is InChI=1S/C11H16N6O3/c1-11(2,3)20-10(18)17-16-9-14-7-6(12-5-13-7)8(15-9)19-4/h5,9,14H,1-4H3,(H,12,13). The van der Waals surface area contributed by atoms with Crippen LogP contribution in [0, 0.1) is 0 Å². The number of anilines is 1. The summed E-state index contributed by atoms with van der Waals surface area (Å²) in [6.45, 7) is 5.24. The average Bonchev–Trinajstić information content (AvgIpc) is 2.81. The molecule has 2 rings (SSSR count). The van der Waals surface area contributed by atoms with Crippen LogP contribution in [0.15, 0.2) is 21.5 Å². The fraction of sp³-hybridized carbons (Fsp3) is 0.545. The monoisotopic (exact) mass is 280 g/mol. The van der Waals surface area contributed by atoms with Crippen LogP contribution in [0.5, 0.6) is 0 Å². The van der Waals surface area contributed by atoms with Crippen molar-refractivity contribution in [1.29, 1.82) is 0 Å². The van der Waals surface area contributed by atoms with Crippen molar-refractivity contribution in [2.75, 3.05) is 12.4 Å². The Morgan fingerprint density at radius 2 is 2.20 bits per heavy atom. The first-order chi connectivity index (χ1) is 9.39. The van der Waals surface area contributed by atoms with Crippen molar-refractivity contribution in [2.24, 2.45) is 15.2 Å². The number of ether oxygens (including phenoxy) is 2. The minimum atomic E-state index is -0.784. The zero-order chi connectivity index (χ0) is 14.8. The first-order valence-electron chi connectivity index (χ1n) is 5.95. The van der Waals surface area contributed by atoms with Crippen LogP contribution in [-0.4, -0.2) is 41.0 Å². The van der Waals surface area contributed by atoms with Crippen molar-refractivity contribution in [3.8, 4) is 0 Å². The van der Waals surface area contributed by atoms with Gasteiger partial charge in [-0.2, -0.15) is 0 Å². The third kappa shape index (κ3) is 3.31. The highest BCUT2D eigenvalue weighted by Gasteiger charge is 2.23. The van der Waals surface area contributed by atoms with Crippen molar-refractivity contribution < 1.29 is 14.3 Å². The third-order valence-corrected chi connectivity index (χ3v) is 2.19. The molecule has 0 fully saturated rings. The Bertz CT molecular complexity index is 557. The second-order valence-corrected chi connectivity index (χ2v) is 4.98. The lowest BCUT2D eigenvalue weighted by atomic mass is 10.2. The van der Waals surface area contributed by atoms with Crippen molar-refractivity contribution in [3.05, 3.63) is 12.0 Å². The number of carbonyl (C=O) groups excluding carboxylic acids is 1. The molecule has 1 atom stereocenters. The van der Waals surface area contributed by atoms with Crippen LogP contribution in [0.2, 0.25) is 0 Å². The smallest absolute Gasteiger partial charge is 0.452 e. The van der Waals surface area contributed by atoms with Crippen LogP contribution in [-0.2, 0) is 9.47 Å². The fourth-order valence-electron chi connectivity index (χ4n) is 1.49. The molecule has 0 bridgehead atoms. The number of aromatic amines is 1. The first-order valence-corrected chi connectivity index (χ1v) is 5.95. The zero-order valence-electron chi connectivity index (χ0n) is 11.7. The normalized spacial score (nSPS) is 18.2. The summed E-state index contributed by atoms with van der Waals surface area (Å²) in [5.41, 5.74) is 0.00287. The summed E-state index contributed by atoms with van der Waals surface area (Å²) in [7, 11) is 1.48. The van der Waals surface area contributed by atoms with Gasteiger partial charge in [-0.1, -0.05) is 5.11 Å². The Labute approximate surface area is 115 Å². The Morgan fingerprint density at radius 1 is 1.45 bits per heavy atom. The highest BCUT2D eigenvalue weighted by Crippen LogP contribution is 2.19. The van der Waals surface area contributed by atoms with Gasteiger partial charge in [0.1, 0.15) is 11.3 Å². The van der Waals surface area contributed by atoms with Gasteiger partial charge in [0.15, 0.2) is 5.82 Å². The minimum absolute atomic E-state index is 0.337. The van der Waals surface area contributed by atoms with Gasteiger partial charge < -0.3 is 19.8 Å². The number of carbonyl (C=O) groups is 1. The van der Waals surface area contributed by atoms with Crippen LogP contribution >= 0.6 is 0 Å². The lowest BCUT2D eigenvalue weighted by Crippen LogP contribution is -2.26. The second-order valence-electron chi connectivity index (χ2n) is 4.98. The van der Waals surface area contributed by atoms with Crippen molar-refractivity contribution in [1.82, 2.24) is 9.97 Å². The molecular formula is C11H16N6O3. The van der Waals surface area contributed by atoms with E-state index in [0.717, 1.165) is 0 Å². The summed E-state index contributed by atoms with van der Waals surface area (Å²) in [6.07, 6.45) is -0.0610. The van der Waals surface area contributed by atoms with Crippen molar-refractivity contribution in [3.63, 3.8) is 0 Å². The molecule has 1 aliphatic rings. The summed E-state index contributed by atoms with van der Waals surface area (Å²) in [5.74, 6) is 0.870. The summed E-state index contributed by atoms with van der Waals surface area (Å²) in [4.78, 5) is 22.5. The summed E-state index contributed by atoms with van der Waals surface area (Å²) >= 11 is 0. The number of methoxy groups -OCH3 is 1. The van der Waals surface area contributed by atoms with Gasteiger partial charge in [0.2, 0.25) is 12.2 Å².